The molecule has 1 aliphatic rings. The number of hydrogen-bond acceptors (Lipinski definition) is 3. The molecule has 0 amide bonds. The van der Waals surface area contributed by atoms with Crippen LogP contribution >= 0.6 is 0 Å². The van der Waals surface area contributed by atoms with E-state index in [0.717, 1.165) is 42.9 Å². The highest BCUT2D eigenvalue weighted by Crippen LogP contribution is 2.22. The Morgan fingerprint density at radius 3 is 2.58 bits per heavy atom. The molecule has 2 heterocycles. The van der Waals surface area contributed by atoms with E-state index in [1.165, 1.54) is 23.3 Å². The monoisotopic (exact) mass is 350 g/mol. The minimum absolute atomic E-state index is 0.198. The summed E-state index contributed by atoms with van der Waals surface area (Å²) >= 11 is 0. The number of phenols is 1. The summed E-state index contributed by atoms with van der Waals surface area (Å²) in [5.41, 5.74) is 2.60. The van der Waals surface area contributed by atoms with E-state index < -0.39 is 0 Å². The number of nitrogens with one attached hydrogen (secondary N) is 1. The van der Waals surface area contributed by atoms with Crippen molar-refractivity contribution in [3.63, 3.8) is 0 Å². The molecule has 2 aromatic carbocycles. The molecular weight excluding hydrogens is 326 g/mol. The van der Waals surface area contributed by atoms with Gasteiger partial charge in [-0.2, -0.15) is 0 Å². The molecule has 1 aromatic heterocycles. The van der Waals surface area contributed by atoms with Crippen LogP contribution in [0.25, 0.3) is 11.0 Å². The average Bonchev–Trinajstić information content (AvgIpc) is 2.65. The van der Waals surface area contributed by atoms with Crippen LogP contribution in [-0.4, -0.2) is 18.2 Å². The second-order valence-corrected chi connectivity index (χ2v) is 7.33. The zero-order valence-electron chi connectivity index (χ0n) is 14.8. The first kappa shape index (κ1) is 16.9. The number of rotatable bonds is 4. The third-order valence-corrected chi connectivity index (χ3v) is 5.43. The van der Waals surface area contributed by atoms with E-state index in [0.29, 0.717) is 5.58 Å². The predicted octanol–water partition coefficient (Wildman–Crippen LogP) is 2.54. The Bertz CT molecular complexity index is 941. The minimum Gasteiger partial charge on any atom is -0.508 e. The van der Waals surface area contributed by atoms with Crippen LogP contribution in [0.2, 0.25) is 0 Å². The number of quaternary nitrogens is 1. The molecule has 1 fully saturated rings. The van der Waals surface area contributed by atoms with Gasteiger partial charge in [0.2, 0.25) is 0 Å². The summed E-state index contributed by atoms with van der Waals surface area (Å²) in [6.07, 6.45) is 3.56. The van der Waals surface area contributed by atoms with Crippen LogP contribution in [0.3, 0.4) is 0 Å². The van der Waals surface area contributed by atoms with Gasteiger partial charge in [-0.05, 0) is 48.9 Å². The van der Waals surface area contributed by atoms with Crippen molar-refractivity contribution in [3.05, 3.63) is 76.1 Å². The van der Waals surface area contributed by atoms with Gasteiger partial charge in [-0.25, -0.2) is 4.79 Å². The third kappa shape index (κ3) is 3.81. The largest absolute Gasteiger partial charge is 0.508 e. The number of phenolic OH excluding ortho intramolecular Hbond substituents is 1. The van der Waals surface area contributed by atoms with Gasteiger partial charge >= 0.3 is 5.63 Å². The Labute approximate surface area is 152 Å². The molecule has 4 heteroatoms. The average molecular weight is 350 g/mol. The zero-order valence-corrected chi connectivity index (χ0v) is 14.8. The van der Waals surface area contributed by atoms with Crippen molar-refractivity contribution in [2.45, 2.75) is 25.8 Å². The second kappa shape index (κ2) is 7.34. The predicted molar refractivity (Wildman–Crippen MR) is 101 cm³/mol. The second-order valence-electron chi connectivity index (χ2n) is 7.33. The van der Waals surface area contributed by atoms with E-state index in [1.807, 2.05) is 0 Å². The number of likely N-dealkylation sites (tertiary alicyclic amines) is 1. The van der Waals surface area contributed by atoms with Crippen LogP contribution < -0.4 is 10.5 Å². The molecular formula is C22H24NO3+. The minimum atomic E-state index is -0.323. The molecule has 134 valence electrons. The van der Waals surface area contributed by atoms with Crippen molar-refractivity contribution >= 4 is 11.0 Å². The quantitative estimate of drug-likeness (QED) is 0.711. The summed E-state index contributed by atoms with van der Waals surface area (Å²) in [5, 5.41) is 10.6. The molecule has 0 spiro atoms. The maximum Gasteiger partial charge on any atom is 0.336 e. The molecule has 4 nitrogen and oxygen atoms in total. The van der Waals surface area contributed by atoms with Crippen molar-refractivity contribution in [2.75, 3.05) is 13.1 Å². The molecule has 0 atom stereocenters. The molecule has 3 aromatic rings. The van der Waals surface area contributed by atoms with Gasteiger partial charge in [0.25, 0.3) is 0 Å². The highest BCUT2D eigenvalue weighted by molar-refractivity contribution is 5.81. The Morgan fingerprint density at radius 1 is 1.04 bits per heavy atom. The molecule has 0 aliphatic carbocycles. The SMILES string of the molecule is O=c1cc(C[NH+]2CCC(Cc3ccccc3)CC2)c2cc(O)ccc2o1. The summed E-state index contributed by atoms with van der Waals surface area (Å²) in [6, 6.07) is 17.2. The van der Waals surface area contributed by atoms with Crippen LogP contribution in [0.4, 0.5) is 0 Å². The highest BCUT2D eigenvalue weighted by atomic mass is 16.4. The van der Waals surface area contributed by atoms with Crippen LogP contribution in [0, 0.1) is 5.92 Å². The summed E-state index contributed by atoms with van der Waals surface area (Å²) in [6.45, 7) is 3.01. The molecule has 1 aliphatic heterocycles. The van der Waals surface area contributed by atoms with Gasteiger partial charge in [0.05, 0.1) is 13.1 Å². The van der Waals surface area contributed by atoms with E-state index in [-0.39, 0.29) is 11.4 Å². The lowest BCUT2D eigenvalue weighted by atomic mass is 9.90. The molecule has 0 radical (unpaired) electrons. The molecule has 0 saturated carbocycles. The molecule has 0 unspecified atom stereocenters. The van der Waals surface area contributed by atoms with E-state index in [2.05, 4.69) is 30.3 Å². The summed E-state index contributed by atoms with van der Waals surface area (Å²) in [5.74, 6) is 0.937. The van der Waals surface area contributed by atoms with Crippen molar-refractivity contribution in [1.29, 1.82) is 0 Å². The van der Waals surface area contributed by atoms with Crippen LogP contribution in [-0.2, 0) is 13.0 Å². The Hall–Kier alpha value is -2.59. The van der Waals surface area contributed by atoms with Gasteiger partial charge in [-0.3, -0.25) is 0 Å². The maximum absolute atomic E-state index is 11.8. The normalized spacial score (nSPS) is 20.3. The van der Waals surface area contributed by atoms with E-state index in [9.17, 15) is 9.90 Å². The number of fused-ring (bicyclic) bond motifs is 1. The van der Waals surface area contributed by atoms with Crippen LogP contribution in [0.1, 0.15) is 24.0 Å². The van der Waals surface area contributed by atoms with E-state index >= 15 is 0 Å². The van der Waals surface area contributed by atoms with Crippen LogP contribution in [0.5, 0.6) is 5.75 Å². The van der Waals surface area contributed by atoms with Gasteiger partial charge in [0.1, 0.15) is 17.9 Å². The van der Waals surface area contributed by atoms with E-state index in [4.69, 9.17) is 4.42 Å². The maximum atomic E-state index is 11.8. The lowest BCUT2D eigenvalue weighted by Gasteiger charge is -2.29. The van der Waals surface area contributed by atoms with Crippen molar-refractivity contribution in [3.8, 4) is 5.75 Å². The molecule has 26 heavy (non-hydrogen) atoms. The smallest absolute Gasteiger partial charge is 0.336 e. The fraction of sp³-hybridized carbons (Fsp3) is 0.318. The van der Waals surface area contributed by atoms with E-state index in [1.54, 1.807) is 24.3 Å². The molecule has 4 rings (SSSR count). The number of hydrogen-bond donors (Lipinski definition) is 2. The number of benzene rings is 2. The zero-order chi connectivity index (χ0) is 17.9. The topological polar surface area (TPSA) is 54.9 Å². The summed E-state index contributed by atoms with van der Waals surface area (Å²) in [7, 11) is 0. The molecule has 1 saturated heterocycles. The van der Waals surface area contributed by atoms with Crippen LogP contribution in [0.15, 0.2) is 63.8 Å². The van der Waals surface area contributed by atoms with Gasteiger partial charge < -0.3 is 14.4 Å². The first-order chi connectivity index (χ1) is 12.7. The lowest BCUT2D eigenvalue weighted by molar-refractivity contribution is -0.919. The first-order valence-corrected chi connectivity index (χ1v) is 9.30. The Balaban J connectivity index is 1.44. The standard InChI is InChI=1S/C22H23NO3/c24-19-6-7-21-20(14-19)18(13-22(25)26-21)15-23-10-8-17(9-11-23)12-16-4-2-1-3-5-16/h1-7,13-14,17,24H,8-12,15H2/p+1. The van der Waals surface area contributed by atoms with Crippen molar-refractivity contribution in [2.24, 2.45) is 5.92 Å². The Kier molecular flexibility index (Phi) is 4.76. The summed E-state index contributed by atoms with van der Waals surface area (Å²) < 4.78 is 5.25. The van der Waals surface area contributed by atoms with Crippen molar-refractivity contribution in [1.82, 2.24) is 0 Å². The fourth-order valence-electron chi connectivity index (χ4n) is 4.05. The van der Waals surface area contributed by atoms with Gasteiger partial charge in [-0.1, -0.05) is 30.3 Å². The highest BCUT2D eigenvalue weighted by Gasteiger charge is 2.23. The number of aromatic hydroxyl groups is 1. The first-order valence-electron chi connectivity index (χ1n) is 9.30. The lowest BCUT2D eigenvalue weighted by Crippen LogP contribution is -3.11. The van der Waals surface area contributed by atoms with Gasteiger partial charge in [0, 0.05) is 17.0 Å². The Morgan fingerprint density at radius 2 is 1.81 bits per heavy atom. The van der Waals surface area contributed by atoms with Gasteiger partial charge in [-0.15, -0.1) is 0 Å². The molecule has 0 bridgehead atoms. The van der Waals surface area contributed by atoms with Gasteiger partial charge in [0.15, 0.2) is 0 Å². The van der Waals surface area contributed by atoms with Crippen molar-refractivity contribution < 1.29 is 14.4 Å². The third-order valence-electron chi connectivity index (χ3n) is 5.43. The summed E-state index contributed by atoms with van der Waals surface area (Å²) in [4.78, 5) is 13.3. The fourth-order valence-corrected chi connectivity index (χ4v) is 4.05. The number of piperidine rings is 1. The molecule has 2 N–H and O–H groups in total.